The van der Waals surface area contributed by atoms with Crippen molar-refractivity contribution >= 4 is 11.7 Å². The molecule has 0 saturated carbocycles. The average Bonchev–Trinajstić information content (AvgIpc) is 2.53. The van der Waals surface area contributed by atoms with Crippen molar-refractivity contribution in [2.45, 2.75) is 39.3 Å². The summed E-state index contributed by atoms with van der Waals surface area (Å²) in [6, 6.07) is 8.99. The van der Waals surface area contributed by atoms with Crippen molar-refractivity contribution < 1.29 is 14.3 Å². The molecule has 23 heavy (non-hydrogen) atoms. The maximum Gasteiger partial charge on any atom is 0.253 e. The fourth-order valence-electron chi connectivity index (χ4n) is 2.63. The second kappa shape index (κ2) is 7.38. The second-order valence-corrected chi connectivity index (χ2v) is 5.76. The Morgan fingerprint density at radius 1 is 1.13 bits per heavy atom. The zero-order chi connectivity index (χ0) is 16.9. The van der Waals surface area contributed by atoms with Crippen LogP contribution >= 0.6 is 0 Å². The molecule has 0 aliphatic heterocycles. The van der Waals surface area contributed by atoms with E-state index in [1.54, 1.807) is 12.1 Å². The summed E-state index contributed by atoms with van der Waals surface area (Å²) in [5, 5.41) is 2.98. The standard InChI is InChI=1S/C19H23NO3/c1-4-5-11-23-19(14(2)12-17(21)13-15(19)3)20-18(22)16-9-7-6-8-10-16/h6-10,12-13H,4-5,11H2,1-3H3,(H,20,22). The van der Waals surface area contributed by atoms with Crippen molar-refractivity contribution in [1.29, 1.82) is 0 Å². The number of hydrogen-bond donors (Lipinski definition) is 1. The molecule has 0 heterocycles. The van der Waals surface area contributed by atoms with Crippen molar-refractivity contribution in [3.63, 3.8) is 0 Å². The maximum absolute atomic E-state index is 12.6. The maximum atomic E-state index is 12.6. The number of ketones is 1. The Morgan fingerprint density at radius 3 is 2.30 bits per heavy atom. The van der Waals surface area contributed by atoms with E-state index in [0.717, 1.165) is 12.8 Å². The van der Waals surface area contributed by atoms with Crippen LogP contribution in [0.1, 0.15) is 44.0 Å². The van der Waals surface area contributed by atoms with Gasteiger partial charge in [0.15, 0.2) is 11.5 Å². The van der Waals surface area contributed by atoms with Gasteiger partial charge in [-0.15, -0.1) is 0 Å². The van der Waals surface area contributed by atoms with Crippen LogP contribution in [0.4, 0.5) is 0 Å². The molecule has 0 fully saturated rings. The number of ether oxygens (including phenoxy) is 1. The molecule has 0 radical (unpaired) electrons. The Labute approximate surface area is 137 Å². The summed E-state index contributed by atoms with van der Waals surface area (Å²) in [7, 11) is 0. The zero-order valence-electron chi connectivity index (χ0n) is 13.9. The molecule has 0 unspecified atom stereocenters. The highest BCUT2D eigenvalue weighted by Crippen LogP contribution is 2.31. The molecule has 122 valence electrons. The average molecular weight is 313 g/mol. The number of carbonyl (C=O) groups is 2. The van der Waals surface area contributed by atoms with E-state index in [4.69, 9.17) is 4.74 Å². The molecule has 0 bridgehead atoms. The normalized spacial score (nSPS) is 16.6. The SMILES string of the molecule is CCCCOC1(NC(=O)c2ccccc2)C(C)=CC(=O)C=C1C. The number of hydrogen-bond acceptors (Lipinski definition) is 3. The molecule has 1 N–H and O–H groups in total. The van der Waals surface area contributed by atoms with Crippen molar-refractivity contribution in [2.75, 3.05) is 6.61 Å². The number of nitrogens with one attached hydrogen (secondary N) is 1. The van der Waals surface area contributed by atoms with E-state index in [1.807, 2.05) is 32.0 Å². The van der Waals surface area contributed by atoms with Gasteiger partial charge in [0, 0.05) is 5.56 Å². The molecule has 4 nitrogen and oxygen atoms in total. The van der Waals surface area contributed by atoms with Crippen LogP contribution in [0, 0.1) is 0 Å². The van der Waals surface area contributed by atoms with Gasteiger partial charge in [0.2, 0.25) is 0 Å². The summed E-state index contributed by atoms with van der Waals surface area (Å²) in [4.78, 5) is 24.3. The highest BCUT2D eigenvalue weighted by molar-refractivity contribution is 6.03. The van der Waals surface area contributed by atoms with Gasteiger partial charge in [-0.1, -0.05) is 31.5 Å². The first-order valence-electron chi connectivity index (χ1n) is 7.92. The third kappa shape index (κ3) is 3.77. The summed E-state index contributed by atoms with van der Waals surface area (Å²) >= 11 is 0. The van der Waals surface area contributed by atoms with Crippen molar-refractivity contribution in [2.24, 2.45) is 0 Å². The van der Waals surface area contributed by atoms with Crippen LogP contribution in [0.5, 0.6) is 0 Å². The lowest BCUT2D eigenvalue weighted by Gasteiger charge is -2.38. The predicted molar refractivity (Wildman–Crippen MR) is 90.0 cm³/mol. The zero-order valence-corrected chi connectivity index (χ0v) is 13.9. The number of benzene rings is 1. The Kier molecular flexibility index (Phi) is 5.50. The van der Waals surface area contributed by atoms with Crippen LogP contribution in [0.2, 0.25) is 0 Å². The highest BCUT2D eigenvalue weighted by atomic mass is 16.5. The molecule has 1 aromatic carbocycles. The second-order valence-electron chi connectivity index (χ2n) is 5.76. The van der Waals surface area contributed by atoms with Crippen LogP contribution in [0.15, 0.2) is 53.6 Å². The van der Waals surface area contributed by atoms with Gasteiger partial charge in [0.05, 0.1) is 6.61 Å². The molecule has 4 heteroatoms. The van der Waals surface area contributed by atoms with Crippen LogP contribution in [0.3, 0.4) is 0 Å². The molecular formula is C19H23NO3. The molecule has 1 aliphatic carbocycles. The van der Waals surface area contributed by atoms with E-state index in [2.05, 4.69) is 12.2 Å². The molecule has 1 aliphatic rings. The largest absolute Gasteiger partial charge is 0.348 e. The van der Waals surface area contributed by atoms with E-state index in [0.29, 0.717) is 23.3 Å². The number of allylic oxidation sites excluding steroid dienone is 2. The van der Waals surface area contributed by atoms with Crippen molar-refractivity contribution in [3.8, 4) is 0 Å². The Bertz CT molecular complexity index is 622. The van der Waals surface area contributed by atoms with Crippen molar-refractivity contribution in [1.82, 2.24) is 5.32 Å². The van der Waals surface area contributed by atoms with Gasteiger partial charge >= 0.3 is 0 Å². The minimum absolute atomic E-state index is 0.0799. The fraction of sp³-hybridized carbons (Fsp3) is 0.368. The molecule has 0 aromatic heterocycles. The summed E-state index contributed by atoms with van der Waals surface area (Å²) in [6.07, 6.45) is 4.92. The monoisotopic (exact) mass is 313 g/mol. The van der Waals surface area contributed by atoms with Gasteiger partial charge in [0.25, 0.3) is 5.91 Å². The molecule has 1 amide bonds. The predicted octanol–water partition coefficient (Wildman–Crippen LogP) is 3.40. The van der Waals surface area contributed by atoms with Crippen LogP contribution in [-0.4, -0.2) is 24.0 Å². The lowest BCUT2D eigenvalue weighted by molar-refractivity contribution is -0.111. The number of unbranched alkanes of at least 4 members (excludes halogenated alkanes) is 1. The first-order valence-corrected chi connectivity index (χ1v) is 7.92. The first kappa shape index (κ1) is 17.2. The molecular weight excluding hydrogens is 290 g/mol. The smallest absolute Gasteiger partial charge is 0.253 e. The van der Waals surface area contributed by atoms with Gasteiger partial charge in [-0.05, 0) is 55.7 Å². The summed E-state index contributed by atoms with van der Waals surface area (Å²) in [5.41, 5.74) is 0.907. The lowest BCUT2D eigenvalue weighted by Crippen LogP contribution is -2.54. The Balaban J connectivity index is 2.31. The van der Waals surface area contributed by atoms with Gasteiger partial charge in [-0.25, -0.2) is 0 Å². The molecule has 0 saturated heterocycles. The molecule has 1 aromatic rings. The number of carbonyl (C=O) groups excluding carboxylic acids is 2. The minimum Gasteiger partial charge on any atom is -0.348 e. The van der Waals surface area contributed by atoms with Crippen LogP contribution in [0.25, 0.3) is 0 Å². The van der Waals surface area contributed by atoms with Gasteiger partial charge in [0.1, 0.15) is 0 Å². The summed E-state index contributed by atoms with van der Waals surface area (Å²) < 4.78 is 6.06. The minimum atomic E-state index is -1.05. The number of amides is 1. The van der Waals surface area contributed by atoms with Gasteiger partial charge < -0.3 is 10.1 Å². The molecule has 0 atom stereocenters. The Morgan fingerprint density at radius 2 is 1.74 bits per heavy atom. The highest BCUT2D eigenvalue weighted by Gasteiger charge is 2.39. The van der Waals surface area contributed by atoms with E-state index < -0.39 is 5.72 Å². The lowest BCUT2D eigenvalue weighted by atomic mass is 9.89. The van der Waals surface area contributed by atoms with Crippen LogP contribution in [-0.2, 0) is 9.53 Å². The quantitative estimate of drug-likeness (QED) is 0.647. The van der Waals surface area contributed by atoms with E-state index >= 15 is 0 Å². The molecule has 0 spiro atoms. The van der Waals surface area contributed by atoms with Gasteiger partial charge in [-0.3, -0.25) is 9.59 Å². The fourth-order valence-corrected chi connectivity index (χ4v) is 2.63. The van der Waals surface area contributed by atoms with E-state index in [-0.39, 0.29) is 11.7 Å². The van der Waals surface area contributed by atoms with Gasteiger partial charge in [-0.2, -0.15) is 0 Å². The van der Waals surface area contributed by atoms with E-state index in [1.165, 1.54) is 12.2 Å². The van der Waals surface area contributed by atoms with E-state index in [9.17, 15) is 9.59 Å². The van der Waals surface area contributed by atoms with Crippen molar-refractivity contribution in [3.05, 3.63) is 59.2 Å². The third-order valence-corrected chi connectivity index (χ3v) is 3.97. The third-order valence-electron chi connectivity index (χ3n) is 3.97. The first-order chi connectivity index (χ1) is 11.0. The summed E-state index contributed by atoms with van der Waals surface area (Å²) in [6.45, 7) is 6.21. The molecule has 2 rings (SSSR count). The van der Waals surface area contributed by atoms with Crippen LogP contribution < -0.4 is 5.32 Å². The summed E-state index contributed by atoms with van der Waals surface area (Å²) in [5.74, 6) is -0.305. The Hall–Kier alpha value is -2.20. The number of rotatable bonds is 6. The topological polar surface area (TPSA) is 55.4 Å².